The van der Waals surface area contributed by atoms with Crippen molar-refractivity contribution in [2.75, 3.05) is 32.6 Å². The molecule has 4 aromatic rings. The number of carbonyl (C=O) groups is 1. The van der Waals surface area contributed by atoms with Gasteiger partial charge >= 0.3 is 0 Å². The van der Waals surface area contributed by atoms with E-state index >= 15 is 0 Å². The Bertz CT molecular complexity index is 1450. The van der Waals surface area contributed by atoms with Crippen LogP contribution in [0.15, 0.2) is 72.1 Å². The van der Waals surface area contributed by atoms with Crippen LogP contribution >= 0.6 is 0 Å². The number of methoxy groups -OCH3 is 2. The van der Waals surface area contributed by atoms with Crippen molar-refractivity contribution in [2.45, 2.75) is 19.4 Å². The van der Waals surface area contributed by atoms with Gasteiger partial charge in [0.1, 0.15) is 29.8 Å². The Labute approximate surface area is 221 Å². The maximum absolute atomic E-state index is 12.1. The topological polar surface area (TPSA) is 99.0 Å². The van der Waals surface area contributed by atoms with Crippen molar-refractivity contribution in [3.63, 3.8) is 0 Å². The average Bonchev–Trinajstić information content (AvgIpc) is 3.49. The Kier molecular flexibility index (Phi) is 7.17. The molecule has 9 heteroatoms. The first-order valence-electron chi connectivity index (χ1n) is 12.4. The molecule has 1 fully saturated rings. The third-order valence-corrected chi connectivity index (χ3v) is 6.77. The summed E-state index contributed by atoms with van der Waals surface area (Å²) in [6.07, 6.45) is 5.12. The minimum absolute atomic E-state index is 0.0574. The molecular weight excluding hydrogens is 484 g/mol. The van der Waals surface area contributed by atoms with Crippen LogP contribution in [0.25, 0.3) is 22.2 Å². The van der Waals surface area contributed by atoms with E-state index in [2.05, 4.69) is 28.8 Å². The number of likely N-dealkylation sites (tertiary alicyclic amines) is 1. The van der Waals surface area contributed by atoms with E-state index in [-0.39, 0.29) is 17.9 Å². The van der Waals surface area contributed by atoms with Crippen molar-refractivity contribution in [3.05, 3.63) is 67.7 Å². The van der Waals surface area contributed by atoms with Gasteiger partial charge in [0.2, 0.25) is 5.91 Å². The monoisotopic (exact) mass is 514 g/mol. The highest BCUT2D eigenvalue weighted by molar-refractivity contribution is 5.93. The standard InChI is InChI=1S/C29H30N4O5/c1-5-28(34)33-11-10-23(18(2)16-33)38-27-14-20-21(15-26(27)36-4)30-17-31-29(20)32-22-13-19(8-9-25(22)35-3)24-7-6-12-37-24/h5-9,12-15,17-18,23H,1,10-11,16H2,2-4H3,(H,30,31,32)/t18-,23+/m1/s1. The fourth-order valence-electron chi connectivity index (χ4n) is 4.74. The van der Waals surface area contributed by atoms with Gasteiger partial charge in [-0.3, -0.25) is 4.79 Å². The quantitative estimate of drug-likeness (QED) is 0.310. The zero-order valence-corrected chi connectivity index (χ0v) is 21.6. The van der Waals surface area contributed by atoms with Gasteiger partial charge in [0.15, 0.2) is 11.5 Å². The number of hydrogen-bond donors (Lipinski definition) is 1. The first-order chi connectivity index (χ1) is 18.5. The number of anilines is 2. The molecular formula is C29H30N4O5. The van der Waals surface area contributed by atoms with Gasteiger partial charge in [-0.05, 0) is 42.5 Å². The maximum atomic E-state index is 12.1. The fourth-order valence-corrected chi connectivity index (χ4v) is 4.74. The van der Waals surface area contributed by atoms with E-state index in [1.165, 1.54) is 12.4 Å². The van der Waals surface area contributed by atoms with E-state index in [1.807, 2.05) is 42.5 Å². The SMILES string of the molecule is C=CC(=O)N1CC[C@H](Oc2cc3c(Nc4cc(-c5ccco5)ccc4OC)ncnc3cc2OC)[C@H](C)C1. The zero-order valence-electron chi connectivity index (χ0n) is 21.6. The summed E-state index contributed by atoms with van der Waals surface area (Å²) in [5.41, 5.74) is 2.33. The number of rotatable bonds is 8. The molecule has 0 aliphatic carbocycles. The molecule has 0 saturated carbocycles. The number of piperidine rings is 1. The molecule has 1 aliphatic heterocycles. The first kappa shape index (κ1) is 25.1. The molecule has 1 saturated heterocycles. The molecule has 2 aromatic heterocycles. The number of aromatic nitrogens is 2. The normalized spacial score (nSPS) is 17.2. The summed E-state index contributed by atoms with van der Waals surface area (Å²) in [4.78, 5) is 22.8. The van der Waals surface area contributed by atoms with Crippen LogP contribution in [0.3, 0.4) is 0 Å². The Morgan fingerprint density at radius 2 is 1.97 bits per heavy atom. The highest BCUT2D eigenvalue weighted by Crippen LogP contribution is 2.38. The molecule has 0 radical (unpaired) electrons. The highest BCUT2D eigenvalue weighted by atomic mass is 16.5. The van der Waals surface area contributed by atoms with Crippen molar-refractivity contribution in [3.8, 4) is 28.6 Å². The molecule has 38 heavy (non-hydrogen) atoms. The fraction of sp³-hybridized carbons (Fsp3) is 0.276. The van der Waals surface area contributed by atoms with E-state index in [0.717, 1.165) is 22.4 Å². The number of furan rings is 1. The molecule has 2 aromatic carbocycles. The second kappa shape index (κ2) is 10.8. The van der Waals surface area contributed by atoms with Crippen molar-refractivity contribution < 1.29 is 23.4 Å². The Hall–Kier alpha value is -4.53. The lowest BCUT2D eigenvalue weighted by Crippen LogP contribution is -2.46. The van der Waals surface area contributed by atoms with Crippen LogP contribution < -0.4 is 19.5 Å². The summed E-state index contributed by atoms with van der Waals surface area (Å²) in [5, 5.41) is 4.17. The van der Waals surface area contributed by atoms with Crippen LogP contribution in [0.4, 0.5) is 11.5 Å². The lowest BCUT2D eigenvalue weighted by molar-refractivity contribution is -0.129. The minimum Gasteiger partial charge on any atom is -0.495 e. The maximum Gasteiger partial charge on any atom is 0.245 e. The number of carbonyl (C=O) groups excluding carboxylic acids is 1. The van der Waals surface area contributed by atoms with E-state index in [4.69, 9.17) is 18.6 Å². The summed E-state index contributed by atoms with van der Waals surface area (Å²) in [7, 11) is 3.23. The van der Waals surface area contributed by atoms with Gasteiger partial charge in [-0.2, -0.15) is 0 Å². The lowest BCUT2D eigenvalue weighted by atomic mass is 9.96. The predicted molar refractivity (Wildman–Crippen MR) is 145 cm³/mol. The van der Waals surface area contributed by atoms with Crippen LogP contribution in [0, 0.1) is 5.92 Å². The molecule has 5 rings (SSSR count). The van der Waals surface area contributed by atoms with Gasteiger partial charge in [0, 0.05) is 42.4 Å². The van der Waals surface area contributed by atoms with Crippen LogP contribution in [-0.2, 0) is 4.79 Å². The van der Waals surface area contributed by atoms with Gasteiger partial charge in [-0.25, -0.2) is 9.97 Å². The summed E-state index contributed by atoms with van der Waals surface area (Å²) in [6, 6.07) is 13.3. The van der Waals surface area contributed by atoms with E-state index in [9.17, 15) is 4.79 Å². The smallest absolute Gasteiger partial charge is 0.245 e. The van der Waals surface area contributed by atoms with Crippen LogP contribution in [-0.4, -0.2) is 54.2 Å². The predicted octanol–water partition coefficient (Wildman–Crippen LogP) is 5.45. The third-order valence-electron chi connectivity index (χ3n) is 6.77. The van der Waals surface area contributed by atoms with Crippen LogP contribution in [0.5, 0.6) is 17.2 Å². The molecule has 1 N–H and O–H groups in total. The van der Waals surface area contributed by atoms with Crippen molar-refractivity contribution in [1.29, 1.82) is 0 Å². The van der Waals surface area contributed by atoms with Gasteiger partial charge in [0.25, 0.3) is 0 Å². The number of ether oxygens (including phenoxy) is 3. The zero-order chi connectivity index (χ0) is 26.6. The third kappa shape index (κ3) is 5.00. The second-order valence-corrected chi connectivity index (χ2v) is 9.17. The molecule has 196 valence electrons. The molecule has 2 atom stereocenters. The van der Waals surface area contributed by atoms with E-state index < -0.39 is 0 Å². The minimum atomic E-state index is -0.0821. The number of nitrogens with zero attached hydrogens (tertiary/aromatic N) is 3. The molecule has 3 heterocycles. The number of benzene rings is 2. The van der Waals surface area contributed by atoms with Gasteiger partial charge in [0.05, 0.1) is 31.7 Å². The van der Waals surface area contributed by atoms with Crippen LogP contribution in [0.1, 0.15) is 13.3 Å². The number of amides is 1. The lowest BCUT2D eigenvalue weighted by Gasteiger charge is -2.36. The van der Waals surface area contributed by atoms with Gasteiger partial charge in [-0.1, -0.05) is 13.5 Å². The number of hydrogen-bond acceptors (Lipinski definition) is 8. The van der Waals surface area contributed by atoms with Crippen LogP contribution in [0.2, 0.25) is 0 Å². The molecule has 1 aliphatic rings. The molecule has 0 unspecified atom stereocenters. The van der Waals surface area contributed by atoms with Crippen molar-refractivity contribution in [2.24, 2.45) is 5.92 Å². The number of fused-ring (bicyclic) bond motifs is 1. The summed E-state index contributed by atoms with van der Waals surface area (Å²) < 4.78 is 23.3. The summed E-state index contributed by atoms with van der Waals surface area (Å²) in [5.74, 6) is 3.25. The number of nitrogens with one attached hydrogen (secondary N) is 1. The average molecular weight is 515 g/mol. The summed E-state index contributed by atoms with van der Waals surface area (Å²) in [6.45, 7) is 6.89. The first-order valence-corrected chi connectivity index (χ1v) is 12.4. The molecule has 9 nitrogen and oxygen atoms in total. The molecule has 0 spiro atoms. The highest BCUT2D eigenvalue weighted by Gasteiger charge is 2.30. The Balaban J connectivity index is 1.47. The van der Waals surface area contributed by atoms with Crippen molar-refractivity contribution in [1.82, 2.24) is 14.9 Å². The van der Waals surface area contributed by atoms with E-state index in [1.54, 1.807) is 25.4 Å². The van der Waals surface area contributed by atoms with E-state index in [0.29, 0.717) is 48.1 Å². The Morgan fingerprint density at radius 3 is 2.68 bits per heavy atom. The Morgan fingerprint density at radius 1 is 1.13 bits per heavy atom. The largest absolute Gasteiger partial charge is 0.495 e. The molecule has 0 bridgehead atoms. The van der Waals surface area contributed by atoms with Gasteiger partial charge < -0.3 is 28.8 Å². The summed E-state index contributed by atoms with van der Waals surface area (Å²) >= 11 is 0. The van der Waals surface area contributed by atoms with Gasteiger partial charge in [-0.15, -0.1) is 0 Å². The molecule has 1 amide bonds. The van der Waals surface area contributed by atoms with Crippen molar-refractivity contribution >= 4 is 28.3 Å². The second-order valence-electron chi connectivity index (χ2n) is 9.17.